The number of esters is 1. The SMILES string of the molecule is CC1CCCCCCC(=O)/C=C/C(=O)O1. The first-order valence-corrected chi connectivity index (χ1v) is 5.60. The predicted octanol–water partition coefficient (Wildman–Crippen LogP) is 2.40. The second-order valence-corrected chi connectivity index (χ2v) is 4.00. The number of ketones is 1. The van der Waals surface area contributed by atoms with Gasteiger partial charge in [0.1, 0.15) is 0 Å². The van der Waals surface area contributed by atoms with Crippen LogP contribution in [0.15, 0.2) is 12.2 Å². The maximum Gasteiger partial charge on any atom is 0.331 e. The maximum absolute atomic E-state index is 11.2. The van der Waals surface area contributed by atoms with Gasteiger partial charge in [0.2, 0.25) is 0 Å². The Bertz CT molecular complexity index is 256. The van der Waals surface area contributed by atoms with Crippen molar-refractivity contribution in [3.63, 3.8) is 0 Å². The molecule has 3 heteroatoms. The van der Waals surface area contributed by atoms with Gasteiger partial charge in [-0.15, -0.1) is 0 Å². The van der Waals surface area contributed by atoms with Crippen molar-refractivity contribution in [2.45, 2.75) is 51.6 Å². The molecule has 0 bridgehead atoms. The molecule has 0 spiro atoms. The van der Waals surface area contributed by atoms with Crippen LogP contribution in [-0.2, 0) is 14.3 Å². The quantitative estimate of drug-likeness (QED) is 0.576. The molecule has 1 aliphatic rings. The highest BCUT2D eigenvalue weighted by Crippen LogP contribution is 2.11. The fourth-order valence-corrected chi connectivity index (χ4v) is 1.63. The largest absolute Gasteiger partial charge is 0.460 e. The normalized spacial score (nSPS) is 27.4. The van der Waals surface area contributed by atoms with E-state index in [2.05, 4.69) is 0 Å². The third-order valence-corrected chi connectivity index (χ3v) is 2.51. The fourth-order valence-electron chi connectivity index (χ4n) is 1.63. The molecule has 1 heterocycles. The smallest absolute Gasteiger partial charge is 0.331 e. The lowest BCUT2D eigenvalue weighted by molar-refractivity contribution is -0.142. The molecule has 1 atom stereocenters. The van der Waals surface area contributed by atoms with E-state index in [1.807, 2.05) is 6.92 Å². The van der Waals surface area contributed by atoms with Crippen molar-refractivity contribution in [1.82, 2.24) is 0 Å². The van der Waals surface area contributed by atoms with Crippen LogP contribution in [0.1, 0.15) is 45.4 Å². The van der Waals surface area contributed by atoms with Crippen molar-refractivity contribution >= 4 is 11.8 Å². The van der Waals surface area contributed by atoms with Crippen LogP contribution in [0.4, 0.5) is 0 Å². The van der Waals surface area contributed by atoms with E-state index in [4.69, 9.17) is 4.74 Å². The van der Waals surface area contributed by atoms with Crippen molar-refractivity contribution in [1.29, 1.82) is 0 Å². The second-order valence-electron chi connectivity index (χ2n) is 4.00. The van der Waals surface area contributed by atoms with Crippen LogP contribution in [0, 0.1) is 0 Å². The summed E-state index contributed by atoms with van der Waals surface area (Å²) in [4.78, 5) is 22.4. The zero-order valence-corrected chi connectivity index (χ0v) is 9.20. The molecule has 0 aromatic heterocycles. The first-order chi connectivity index (χ1) is 7.18. The van der Waals surface area contributed by atoms with E-state index in [1.54, 1.807) is 0 Å². The number of allylic oxidation sites excluding steroid dienone is 1. The average Bonchev–Trinajstić information content (AvgIpc) is 2.18. The van der Waals surface area contributed by atoms with E-state index >= 15 is 0 Å². The van der Waals surface area contributed by atoms with E-state index in [0.29, 0.717) is 6.42 Å². The Kier molecular flexibility index (Phi) is 5.08. The average molecular weight is 210 g/mol. The van der Waals surface area contributed by atoms with E-state index < -0.39 is 5.97 Å². The van der Waals surface area contributed by atoms with Crippen molar-refractivity contribution in [2.24, 2.45) is 0 Å². The van der Waals surface area contributed by atoms with Crippen LogP contribution in [-0.4, -0.2) is 17.9 Å². The molecular weight excluding hydrogens is 192 g/mol. The molecule has 0 aromatic rings. The number of carbonyl (C=O) groups is 2. The number of cyclic esters (lactones) is 1. The third kappa shape index (κ3) is 5.35. The van der Waals surface area contributed by atoms with Gasteiger partial charge in [-0.05, 0) is 32.3 Å². The van der Waals surface area contributed by atoms with Crippen molar-refractivity contribution in [3.8, 4) is 0 Å². The van der Waals surface area contributed by atoms with E-state index in [9.17, 15) is 9.59 Å². The van der Waals surface area contributed by atoms with Crippen LogP contribution in [0.25, 0.3) is 0 Å². The predicted molar refractivity (Wildman–Crippen MR) is 57.4 cm³/mol. The molecule has 0 saturated heterocycles. The molecular formula is C12H18O3. The van der Waals surface area contributed by atoms with Gasteiger partial charge in [0.15, 0.2) is 5.78 Å². The van der Waals surface area contributed by atoms with E-state index in [-0.39, 0.29) is 11.9 Å². The van der Waals surface area contributed by atoms with Crippen molar-refractivity contribution in [2.75, 3.05) is 0 Å². The number of ether oxygens (including phenoxy) is 1. The van der Waals surface area contributed by atoms with Gasteiger partial charge in [0.05, 0.1) is 6.10 Å². The van der Waals surface area contributed by atoms with Gasteiger partial charge in [-0.25, -0.2) is 4.79 Å². The molecule has 1 aliphatic heterocycles. The molecule has 3 nitrogen and oxygen atoms in total. The van der Waals surface area contributed by atoms with E-state index in [1.165, 1.54) is 12.2 Å². The molecule has 1 rings (SSSR count). The highest BCUT2D eigenvalue weighted by atomic mass is 16.5. The standard InChI is InChI=1S/C12H18O3/c1-10-6-4-2-3-5-7-11(13)8-9-12(14)15-10/h8-10H,2-7H2,1H3/b9-8+. The third-order valence-electron chi connectivity index (χ3n) is 2.51. The molecule has 0 N–H and O–H groups in total. The number of hydrogen-bond acceptors (Lipinski definition) is 3. The molecule has 0 amide bonds. The maximum atomic E-state index is 11.2. The Hall–Kier alpha value is -1.12. The Morgan fingerprint density at radius 2 is 1.87 bits per heavy atom. The van der Waals surface area contributed by atoms with E-state index in [0.717, 1.165) is 32.1 Å². The topological polar surface area (TPSA) is 43.4 Å². The first-order valence-electron chi connectivity index (χ1n) is 5.60. The van der Waals surface area contributed by atoms with Gasteiger partial charge in [0.25, 0.3) is 0 Å². The van der Waals surface area contributed by atoms with Crippen LogP contribution in [0.3, 0.4) is 0 Å². The Morgan fingerprint density at radius 1 is 1.13 bits per heavy atom. The second kappa shape index (κ2) is 6.38. The summed E-state index contributed by atoms with van der Waals surface area (Å²) in [6.45, 7) is 1.89. The van der Waals surface area contributed by atoms with Crippen LogP contribution in [0.2, 0.25) is 0 Å². The lowest BCUT2D eigenvalue weighted by atomic mass is 10.1. The lowest BCUT2D eigenvalue weighted by Gasteiger charge is -2.12. The molecule has 84 valence electrons. The monoisotopic (exact) mass is 210 g/mol. The molecule has 1 unspecified atom stereocenters. The van der Waals surface area contributed by atoms with Gasteiger partial charge >= 0.3 is 5.97 Å². The molecule has 0 saturated carbocycles. The molecule has 0 aliphatic carbocycles. The summed E-state index contributed by atoms with van der Waals surface area (Å²) < 4.78 is 5.09. The Balaban J connectivity index is 2.52. The minimum absolute atomic E-state index is 0.0141. The van der Waals surface area contributed by atoms with Crippen molar-refractivity contribution < 1.29 is 14.3 Å². The Morgan fingerprint density at radius 3 is 2.67 bits per heavy atom. The van der Waals surface area contributed by atoms with Crippen LogP contribution in [0.5, 0.6) is 0 Å². The molecule has 15 heavy (non-hydrogen) atoms. The highest BCUT2D eigenvalue weighted by Gasteiger charge is 2.08. The minimum Gasteiger partial charge on any atom is -0.460 e. The summed E-state index contributed by atoms with van der Waals surface area (Å²) in [5.41, 5.74) is 0. The Labute approximate surface area is 90.5 Å². The number of hydrogen-bond donors (Lipinski definition) is 0. The molecule has 0 aromatic carbocycles. The van der Waals surface area contributed by atoms with Crippen LogP contribution < -0.4 is 0 Å². The van der Waals surface area contributed by atoms with Gasteiger partial charge in [0, 0.05) is 12.5 Å². The van der Waals surface area contributed by atoms with Gasteiger partial charge in [-0.3, -0.25) is 4.79 Å². The summed E-state index contributed by atoms with van der Waals surface area (Å²) in [5.74, 6) is -0.392. The van der Waals surface area contributed by atoms with Gasteiger partial charge in [-0.2, -0.15) is 0 Å². The van der Waals surface area contributed by atoms with Crippen molar-refractivity contribution in [3.05, 3.63) is 12.2 Å². The lowest BCUT2D eigenvalue weighted by Crippen LogP contribution is -2.13. The molecule has 0 fully saturated rings. The number of rotatable bonds is 0. The fraction of sp³-hybridized carbons (Fsp3) is 0.667. The van der Waals surface area contributed by atoms with Crippen LogP contribution >= 0.6 is 0 Å². The zero-order chi connectivity index (χ0) is 11.1. The highest BCUT2D eigenvalue weighted by molar-refractivity contribution is 5.95. The minimum atomic E-state index is -0.406. The summed E-state index contributed by atoms with van der Waals surface area (Å²) in [6.07, 6.45) is 8.15. The summed E-state index contributed by atoms with van der Waals surface area (Å²) in [6, 6.07) is 0. The first kappa shape index (κ1) is 12.0. The van der Waals surface area contributed by atoms with Gasteiger partial charge < -0.3 is 4.74 Å². The van der Waals surface area contributed by atoms with Gasteiger partial charge in [-0.1, -0.05) is 12.8 Å². The summed E-state index contributed by atoms with van der Waals surface area (Å²) >= 11 is 0. The zero-order valence-electron chi connectivity index (χ0n) is 9.20. The number of carbonyl (C=O) groups excluding carboxylic acids is 2. The summed E-state index contributed by atoms with van der Waals surface area (Å²) in [7, 11) is 0. The summed E-state index contributed by atoms with van der Waals surface area (Å²) in [5, 5.41) is 0. The molecule has 0 radical (unpaired) electrons.